The zero-order valence-corrected chi connectivity index (χ0v) is 15.7. The molecule has 2 heterocycles. The molecule has 1 N–H and O–H groups in total. The van der Waals surface area contributed by atoms with Gasteiger partial charge in [0.25, 0.3) is 0 Å². The summed E-state index contributed by atoms with van der Waals surface area (Å²) in [5, 5.41) is 2.71. The minimum absolute atomic E-state index is 0.730. The van der Waals surface area contributed by atoms with Crippen molar-refractivity contribution in [1.82, 2.24) is 9.88 Å². The lowest BCUT2D eigenvalue weighted by molar-refractivity contribution is 0.136. The Bertz CT molecular complexity index is 965. The number of benzene rings is 2. The molecule has 1 fully saturated rings. The van der Waals surface area contributed by atoms with E-state index in [1.165, 1.54) is 72.7 Å². The second-order valence-electron chi connectivity index (χ2n) is 8.09. The Balaban J connectivity index is 1.56. The van der Waals surface area contributed by atoms with Crippen LogP contribution in [0.25, 0.3) is 27.4 Å². The predicted molar refractivity (Wildman–Crippen MR) is 111 cm³/mol. The lowest BCUT2D eigenvalue weighted by Gasteiger charge is -2.42. The number of fused-ring (bicyclic) bond motifs is 4. The summed E-state index contributed by atoms with van der Waals surface area (Å²) in [7, 11) is 0. The largest absolute Gasteiger partial charge is 0.354 e. The summed E-state index contributed by atoms with van der Waals surface area (Å²) in [5.74, 6) is 1.56. The van der Waals surface area contributed by atoms with E-state index in [4.69, 9.17) is 0 Å². The molecule has 5 rings (SSSR count). The van der Waals surface area contributed by atoms with Crippen molar-refractivity contribution in [3.63, 3.8) is 0 Å². The zero-order valence-electron chi connectivity index (χ0n) is 15.7. The van der Waals surface area contributed by atoms with Gasteiger partial charge in [0.2, 0.25) is 0 Å². The van der Waals surface area contributed by atoms with Gasteiger partial charge in [0.05, 0.1) is 5.52 Å². The van der Waals surface area contributed by atoms with Gasteiger partial charge in [-0.3, -0.25) is 0 Å². The first-order chi connectivity index (χ1) is 12.8. The molecule has 1 aliphatic heterocycles. The lowest BCUT2D eigenvalue weighted by atomic mass is 9.72. The molecule has 1 aliphatic carbocycles. The van der Waals surface area contributed by atoms with Crippen molar-refractivity contribution in [3.8, 4) is 0 Å². The summed E-state index contributed by atoms with van der Waals surface area (Å²) in [4.78, 5) is 6.41. The van der Waals surface area contributed by atoms with Gasteiger partial charge in [0.1, 0.15) is 0 Å². The van der Waals surface area contributed by atoms with Gasteiger partial charge in [-0.25, -0.2) is 0 Å². The van der Waals surface area contributed by atoms with Crippen molar-refractivity contribution in [1.29, 1.82) is 0 Å². The molecule has 2 heteroatoms. The highest BCUT2D eigenvalue weighted by molar-refractivity contribution is 6.10. The Kier molecular flexibility index (Phi) is 4.09. The van der Waals surface area contributed by atoms with Crippen LogP contribution in [-0.4, -0.2) is 29.5 Å². The second kappa shape index (κ2) is 6.59. The summed E-state index contributed by atoms with van der Waals surface area (Å²) >= 11 is 0. The molecule has 1 aromatic heterocycles. The molecule has 1 saturated heterocycles. The number of likely N-dealkylation sites (tertiary alicyclic amines) is 1. The van der Waals surface area contributed by atoms with Crippen LogP contribution in [0.5, 0.6) is 0 Å². The van der Waals surface area contributed by atoms with Crippen LogP contribution in [-0.2, 0) is 0 Å². The van der Waals surface area contributed by atoms with Gasteiger partial charge >= 0.3 is 0 Å². The van der Waals surface area contributed by atoms with Crippen molar-refractivity contribution >= 4 is 27.4 Å². The molecule has 2 nitrogen and oxygen atoms in total. The molecule has 0 bridgehead atoms. The van der Waals surface area contributed by atoms with Crippen LogP contribution in [0, 0.1) is 11.8 Å². The summed E-state index contributed by atoms with van der Waals surface area (Å²) in [5.41, 5.74) is 5.63. The number of para-hydroxylation sites is 2. The van der Waals surface area contributed by atoms with Crippen molar-refractivity contribution in [2.75, 3.05) is 19.6 Å². The predicted octanol–water partition coefficient (Wildman–Crippen LogP) is 5.85. The summed E-state index contributed by atoms with van der Waals surface area (Å²) in [6.45, 7) is 6.11. The topological polar surface area (TPSA) is 19.0 Å². The van der Waals surface area contributed by atoms with E-state index < -0.39 is 0 Å². The first-order valence-corrected chi connectivity index (χ1v) is 10.3. The number of allylic oxidation sites excluding steroid dienone is 2. The molecule has 3 aromatic rings. The average molecular weight is 345 g/mol. The number of nitrogens with one attached hydrogen (secondary N) is 1. The fourth-order valence-electron chi connectivity index (χ4n) is 5.36. The van der Waals surface area contributed by atoms with Crippen LogP contribution in [0.2, 0.25) is 0 Å². The monoisotopic (exact) mass is 344 g/mol. The Morgan fingerprint density at radius 1 is 1.04 bits per heavy atom. The number of rotatable bonds is 3. The van der Waals surface area contributed by atoms with Gasteiger partial charge in [-0.15, -0.1) is 0 Å². The van der Waals surface area contributed by atoms with Crippen LogP contribution < -0.4 is 0 Å². The Morgan fingerprint density at radius 2 is 1.92 bits per heavy atom. The summed E-state index contributed by atoms with van der Waals surface area (Å²) < 4.78 is 0. The average Bonchev–Trinajstić information content (AvgIpc) is 3.06. The molecule has 0 unspecified atom stereocenters. The third-order valence-corrected chi connectivity index (χ3v) is 6.51. The van der Waals surface area contributed by atoms with Crippen LogP contribution in [0.1, 0.15) is 38.2 Å². The number of H-pyrrole nitrogens is 1. The minimum Gasteiger partial charge on any atom is -0.354 e. The molecule has 0 spiro atoms. The Hall–Kier alpha value is -2.06. The molecule has 2 atom stereocenters. The van der Waals surface area contributed by atoms with Crippen molar-refractivity contribution < 1.29 is 0 Å². The zero-order chi connectivity index (χ0) is 17.5. The molecule has 0 saturated carbocycles. The van der Waals surface area contributed by atoms with Crippen LogP contribution in [0.4, 0.5) is 0 Å². The summed E-state index contributed by atoms with van der Waals surface area (Å²) in [6, 6.07) is 15.5. The van der Waals surface area contributed by atoms with E-state index in [1.807, 2.05) is 0 Å². The van der Waals surface area contributed by atoms with E-state index in [0.717, 1.165) is 11.8 Å². The molecule has 26 heavy (non-hydrogen) atoms. The molecule has 2 aliphatic rings. The third-order valence-electron chi connectivity index (χ3n) is 6.51. The molecule has 134 valence electrons. The van der Waals surface area contributed by atoms with E-state index in [9.17, 15) is 0 Å². The Morgan fingerprint density at radius 3 is 2.85 bits per heavy atom. The number of nitrogens with zero attached hydrogens (tertiary/aromatic N) is 1. The van der Waals surface area contributed by atoms with Gasteiger partial charge in [-0.05, 0) is 62.2 Å². The standard InChI is InChI=1S/C24H28N2/c1-2-14-26-15-13-18-17(16-26)7-5-9-19(18)21-10-6-11-22-20-8-3-4-12-23(20)25-24(21)22/h3-4,6,8-12,17-18,25H,2,5,7,13-16H2,1H3/t17-,18+/m0/s1. The highest BCUT2D eigenvalue weighted by Gasteiger charge is 2.34. The van der Waals surface area contributed by atoms with E-state index in [1.54, 1.807) is 5.57 Å². The molecule has 2 aromatic carbocycles. The SMILES string of the molecule is CCCN1CC[C@H]2C(c3cccc4c3[nH]c3ccccc34)=CCC[C@H]2C1. The van der Waals surface area contributed by atoms with Gasteiger partial charge in [0.15, 0.2) is 0 Å². The summed E-state index contributed by atoms with van der Waals surface area (Å²) in [6.07, 6.45) is 7.71. The van der Waals surface area contributed by atoms with Crippen LogP contribution in [0.15, 0.2) is 48.5 Å². The van der Waals surface area contributed by atoms with Crippen molar-refractivity contribution in [3.05, 3.63) is 54.1 Å². The number of hydrogen-bond donors (Lipinski definition) is 1. The third kappa shape index (κ3) is 2.59. The highest BCUT2D eigenvalue weighted by atomic mass is 15.1. The maximum atomic E-state index is 3.72. The first-order valence-electron chi connectivity index (χ1n) is 10.3. The smallest absolute Gasteiger partial charge is 0.0541 e. The molecule has 0 radical (unpaired) electrons. The molecule has 0 amide bonds. The van der Waals surface area contributed by atoms with E-state index in [0.29, 0.717) is 0 Å². The van der Waals surface area contributed by atoms with Crippen LogP contribution in [0.3, 0.4) is 0 Å². The van der Waals surface area contributed by atoms with Crippen LogP contribution >= 0.6 is 0 Å². The molecular weight excluding hydrogens is 316 g/mol. The second-order valence-corrected chi connectivity index (χ2v) is 8.09. The Labute approximate surface area is 155 Å². The lowest BCUT2D eigenvalue weighted by Crippen LogP contribution is -2.42. The van der Waals surface area contributed by atoms with Gasteiger partial charge < -0.3 is 9.88 Å². The van der Waals surface area contributed by atoms with Gasteiger partial charge in [0, 0.05) is 28.4 Å². The minimum atomic E-state index is 0.730. The maximum absolute atomic E-state index is 3.72. The normalized spacial score (nSPS) is 24.0. The van der Waals surface area contributed by atoms with E-state index >= 15 is 0 Å². The van der Waals surface area contributed by atoms with E-state index in [-0.39, 0.29) is 0 Å². The van der Waals surface area contributed by atoms with Crippen molar-refractivity contribution in [2.45, 2.75) is 32.6 Å². The highest BCUT2D eigenvalue weighted by Crippen LogP contribution is 2.43. The quantitative estimate of drug-likeness (QED) is 0.632. The van der Waals surface area contributed by atoms with Crippen molar-refractivity contribution in [2.24, 2.45) is 11.8 Å². The number of aromatic nitrogens is 1. The number of hydrogen-bond acceptors (Lipinski definition) is 1. The molecular formula is C24H28N2. The fraction of sp³-hybridized carbons (Fsp3) is 0.417. The number of aromatic amines is 1. The van der Waals surface area contributed by atoms with Gasteiger partial charge in [-0.2, -0.15) is 0 Å². The number of piperidine rings is 1. The van der Waals surface area contributed by atoms with E-state index in [2.05, 4.69) is 65.3 Å². The van der Waals surface area contributed by atoms with Gasteiger partial charge in [-0.1, -0.05) is 49.4 Å². The first kappa shape index (κ1) is 16.1. The maximum Gasteiger partial charge on any atom is 0.0541 e. The fourth-order valence-corrected chi connectivity index (χ4v) is 5.36.